The number of nitrogens with zero attached hydrogens (tertiary/aromatic N) is 3. The second-order valence-corrected chi connectivity index (χ2v) is 6.12. The van der Waals surface area contributed by atoms with Crippen LogP contribution in [0.15, 0.2) is 23.2 Å². The van der Waals surface area contributed by atoms with Gasteiger partial charge in [0.1, 0.15) is 5.82 Å². The van der Waals surface area contributed by atoms with Gasteiger partial charge in [0.25, 0.3) is 0 Å². The van der Waals surface area contributed by atoms with E-state index in [1.165, 1.54) is 12.1 Å². The van der Waals surface area contributed by atoms with Crippen molar-refractivity contribution in [3.05, 3.63) is 34.6 Å². The molecule has 1 amide bonds. The molecule has 0 radical (unpaired) electrons. The van der Waals surface area contributed by atoms with Crippen LogP contribution in [-0.2, 0) is 11.2 Å². The number of carbonyl (C=O) groups is 1. The highest BCUT2D eigenvalue weighted by atomic mass is 127. The van der Waals surface area contributed by atoms with Crippen molar-refractivity contribution >= 4 is 47.4 Å². The third-order valence-electron chi connectivity index (χ3n) is 4.02. The van der Waals surface area contributed by atoms with Crippen molar-refractivity contribution < 1.29 is 9.18 Å². The third kappa shape index (κ3) is 6.62. The molecule has 2 rings (SSSR count). The van der Waals surface area contributed by atoms with Gasteiger partial charge in [-0.3, -0.25) is 9.79 Å². The highest BCUT2D eigenvalue weighted by Crippen LogP contribution is 2.17. The second kappa shape index (κ2) is 10.8. The van der Waals surface area contributed by atoms with Crippen molar-refractivity contribution in [2.45, 2.75) is 20.3 Å². The topological polar surface area (TPSA) is 47.9 Å². The SMILES string of the molecule is CCNC(=NCCc1ccc(F)cc1Cl)N1CCN(C(C)=O)CC1.I. The maximum atomic E-state index is 13.1. The summed E-state index contributed by atoms with van der Waals surface area (Å²) in [5.41, 5.74) is 0.888. The molecule has 0 bridgehead atoms. The van der Waals surface area contributed by atoms with Gasteiger partial charge in [0.2, 0.25) is 5.91 Å². The molecule has 1 heterocycles. The van der Waals surface area contributed by atoms with Crippen LogP contribution in [0.4, 0.5) is 4.39 Å². The Morgan fingerprint density at radius 3 is 2.48 bits per heavy atom. The van der Waals surface area contributed by atoms with Crippen LogP contribution >= 0.6 is 35.6 Å². The van der Waals surface area contributed by atoms with Crippen LogP contribution in [0.5, 0.6) is 0 Å². The summed E-state index contributed by atoms with van der Waals surface area (Å²) in [5.74, 6) is 0.630. The van der Waals surface area contributed by atoms with Gasteiger partial charge in [0.05, 0.1) is 0 Å². The van der Waals surface area contributed by atoms with Crippen LogP contribution in [0, 0.1) is 5.82 Å². The van der Waals surface area contributed by atoms with Gasteiger partial charge in [-0.05, 0) is 31.0 Å². The lowest BCUT2D eigenvalue weighted by molar-refractivity contribution is -0.130. The fraction of sp³-hybridized carbons (Fsp3) is 0.529. The molecular formula is C17H25ClFIN4O. The first-order valence-electron chi connectivity index (χ1n) is 8.24. The number of piperazine rings is 1. The van der Waals surface area contributed by atoms with E-state index in [-0.39, 0.29) is 35.7 Å². The van der Waals surface area contributed by atoms with E-state index in [1.54, 1.807) is 13.0 Å². The van der Waals surface area contributed by atoms with E-state index in [1.807, 2.05) is 11.8 Å². The van der Waals surface area contributed by atoms with E-state index in [9.17, 15) is 9.18 Å². The van der Waals surface area contributed by atoms with Gasteiger partial charge in [-0.15, -0.1) is 24.0 Å². The van der Waals surface area contributed by atoms with Crippen molar-refractivity contribution in [3.8, 4) is 0 Å². The zero-order valence-electron chi connectivity index (χ0n) is 14.6. The van der Waals surface area contributed by atoms with Crippen LogP contribution in [0.2, 0.25) is 5.02 Å². The Kier molecular flexibility index (Phi) is 9.48. The number of aliphatic imine (C=N–C) groups is 1. The summed E-state index contributed by atoms with van der Waals surface area (Å²) >= 11 is 6.05. The number of amides is 1. The summed E-state index contributed by atoms with van der Waals surface area (Å²) in [5, 5.41) is 3.72. The van der Waals surface area contributed by atoms with Crippen molar-refractivity contribution in [1.82, 2.24) is 15.1 Å². The van der Waals surface area contributed by atoms with E-state index in [0.717, 1.165) is 31.2 Å². The van der Waals surface area contributed by atoms with E-state index in [4.69, 9.17) is 11.6 Å². The number of carbonyl (C=O) groups excluding carboxylic acids is 1. The summed E-state index contributed by atoms with van der Waals surface area (Å²) in [4.78, 5) is 20.1. The molecule has 1 aromatic rings. The lowest BCUT2D eigenvalue weighted by atomic mass is 10.1. The summed E-state index contributed by atoms with van der Waals surface area (Å²) in [6.45, 7) is 7.93. The van der Waals surface area contributed by atoms with Gasteiger partial charge >= 0.3 is 0 Å². The van der Waals surface area contributed by atoms with Gasteiger partial charge in [0, 0.05) is 51.2 Å². The Balaban J connectivity index is 0.00000312. The molecule has 1 N–H and O–H groups in total. The summed E-state index contributed by atoms with van der Waals surface area (Å²) in [6.07, 6.45) is 0.654. The zero-order valence-corrected chi connectivity index (χ0v) is 17.7. The zero-order chi connectivity index (χ0) is 17.5. The fourth-order valence-electron chi connectivity index (χ4n) is 2.67. The molecule has 25 heavy (non-hydrogen) atoms. The summed E-state index contributed by atoms with van der Waals surface area (Å²) in [6, 6.07) is 4.44. The van der Waals surface area contributed by atoms with Gasteiger partial charge in [-0.2, -0.15) is 0 Å². The molecular weight excluding hydrogens is 458 g/mol. The molecule has 1 saturated heterocycles. The first-order chi connectivity index (χ1) is 11.5. The number of nitrogens with one attached hydrogen (secondary N) is 1. The molecule has 8 heteroatoms. The van der Waals surface area contributed by atoms with Crippen LogP contribution < -0.4 is 5.32 Å². The standard InChI is InChI=1S/C17H24ClFN4O.HI/c1-3-20-17(23-10-8-22(9-11-23)13(2)24)21-7-6-14-4-5-15(19)12-16(14)18;/h4-5,12H,3,6-11H2,1-2H3,(H,20,21);1H. The van der Waals surface area contributed by atoms with Crippen LogP contribution in [0.3, 0.4) is 0 Å². The summed E-state index contributed by atoms with van der Waals surface area (Å²) in [7, 11) is 0. The Hall–Kier alpha value is -1.09. The van der Waals surface area contributed by atoms with Crippen LogP contribution in [-0.4, -0.2) is 60.9 Å². The molecule has 140 valence electrons. The molecule has 0 atom stereocenters. The van der Waals surface area contributed by atoms with Gasteiger partial charge in [0.15, 0.2) is 5.96 Å². The monoisotopic (exact) mass is 482 g/mol. The summed E-state index contributed by atoms with van der Waals surface area (Å²) < 4.78 is 13.1. The minimum Gasteiger partial charge on any atom is -0.357 e. The number of rotatable bonds is 4. The minimum absolute atomic E-state index is 0. The van der Waals surface area contributed by atoms with E-state index < -0.39 is 0 Å². The molecule has 0 spiro atoms. The normalized spacial score (nSPS) is 15.0. The number of hydrogen-bond donors (Lipinski definition) is 1. The predicted molar refractivity (Wildman–Crippen MR) is 110 cm³/mol. The van der Waals surface area contributed by atoms with E-state index in [2.05, 4.69) is 15.2 Å². The second-order valence-electron chi connectivity index (χ2n) is 5.71. The first-order valence-corrected chi connectivity index (χ1v) is 8.61. The Labute approximate surface area is 170 Å². The molecule has 1 aliphatic heterocycles. The minimum atomic E-state index is -0.330. The molecule has 5 nitrogen and oxygen atoms in total. The highest BCUT2D eigenvalue weighted by Gasteiger charge is 2.20. The largest absolute Gasteiger partial charge is 0.357 e. The van der Waals surface area contributed by atoms with Gasteiger partial charge in [-0.1, -0.05) is 17.7 Å². The Morgan fingerprint density at radius 2 is 1.92 bits per heavy atom. The lowest BCUT2D eigenvalue weighted by Gasteiger charge is -2.36. The predicted octanol–water partition coefficient (Wildman–Crippen LogP) is 2.77. The average Bonchev–Trinajstić information content (AvgIpc) is 2.56. The molecule has 0 aliphatic carbocycles. The molecule has 1 aromatic carbocycles. The molecule has 0 unspecified atom stereocenters. The van der Waals surface area contributed by atoms with E-state index >= 15 is 0 Å². The van der Waals surface area contributed by atoms with Crippen LogP contribution in [0.1, 0.15) is 19.4 Å². The van der Waals surface area contributed by atoms with Crippen molar-refractivity contribution in [3.63, 3.8) is 0 Å². The number of guanidine groups is 1. The Bertz CT molecular complexity index is 606. The smallest absolute Gasteiger partial charge is 0.219 e. The molecule has 0 saturated carbocycles. The first kappa shape index (κ1) is 22.0. The molecule has 1 fully saturated rings. The van der Waals surface area contributed by atoms with Crippen molar-refractivity contribution in [2.75, 3.05) is 39.3 Å². The van der Waals surface area contributed by atoms with Crippen molar-refractivity contribution in [1.29, 1.82) is 0 Å². The Morgan fingerprint density at radius 1 is 1.28 bits per heavy atom. The quantitative estimate of drug-likeness (QED) is 0.408. The van der Waals surface area contributed by atoms with Crippen LogP contribution in [0.25, 0.3) is 0 Å². The van der Waals surface area contributed by atoms with Gasteiger partial charge < -0.3 is 15.1 Å². The maximum absolute atomic E-state index is 13.1. The third-order valence-corrected chi connectivity index (χ3v) is 4.37. The lowest BCUT2D eigenvalue weighted by Crippen LogP contribution is -2.53. The molecule has 0 aromatic heterocycles. The van der Waals surface area contributed by atoms with E-state index in [0.29, 0.717) is 31.1 Å². The van der Waals surface area contributed by atoms with Gasteiger partial charge in [-0.25, -0.2) is 4.39 Å². The number of benzene rings is 1. The average molecular weight is 483 g/mol. The van der Waals surface area contributed by atoms with Crippen molar-refractivity contribution in [2.24, 2.45) is 4.99 Å². The number of hydrogen-bond acceptors (Lipinski definition) is 2. The highest BCUT2D eigenvalue weighted by molar-refractivity contribution is 14.0. The fourth-order valence-corrected chi connectivity index (χ4v) is 2.93. The molecule has 1 aliphatic rings. The maximum Gasteiger partial charge on any atom is 0.219 e. The number of halogens is 3.